The first-order valence-electron chi connectivity index (χ1n) is 12.2. The SMILES string of the molecule is Cc1cc(C)c(Oc2cc(NC3CCN(Cc4ccc(S(N)(=O)=O)cc4)CC3)nc3ncnn23)c(C)c1. The first-order chi connectivity index (χ1) is 17.7. The lowest BCUT2D eigenvalue weighted by Crippen LogP contribution is -2.38. The predicted molar refractivity (Wildman–Crippen MR) is 141 cm³/mol. The van der Waals surface area contributed by atoms with Crippen molar-refractivity contribution in [3.05, 3.63) is 71.0 Å². The fourth-order valence-electron chi connectivity index (χ4n) is 4.85. The Labute approximate surface area is 216 Å². The number of nitrogens with one attached hydrogen (secondary N) is 1. The van der Waals surface area contributed by atoms with Gasteiger partial charge in [0.15, 0.2) is 0 Å². The summed E-state index contributed by atoms with van der Waals surface area (Å²) >= 11 is 0. The lowest BCUT2D eigenvalue weighted by atomic mass is 10.0. The molecule has 1 aliphatic heterocycles. The number of piperidine rings is 1. The van der Waals surface area contributed by atoms with Crippen LogP contribution in [0.4, 0.5) is 5.82 Å². The Bertz CT molecular complexity index is 1500. The third-order valence-electron chi connectivity index (χ3n) is 6.63. The third kappa shape index (κ3) is 5.74. The monoisotopic (exact) mass is 521 g/mol. The summed E-state index contributed by atoms with van der Waals surface area (Å²) in [6.45, 7) is 8.73. The minimum Gasteiger partial charge on any atom is -0.438 e. The van der Waals surface area contributed by atoms with Crippen LogP contribution in [-0.4, -0.2) is 52.0 Å². The minimum absolute atomic E-state index is 0.132. The maximum atomic E-state index is 11.5. The number of aromatic nitrogens is 4. The van der Waals surface area contributed by atoms with Crippen LogP contribution in [0.3, 0.4) is 0 Å². The molecule has 3 heterocycles. The molecule has 0 atom stereocenters. The number of nitrogens with two attached hydrogens (primary N) is 1. The number of ether oxygens (including phenoxy) is 1. The molecule has 2 aromatic carbocycles. The van der Waals surface area contributed by atoms with Gasteiger partial charge in [0.25, 0.3) is 5.78 Å². The van der Waals surface area contributed by atoms with E-state index in [9.17, 15) is 8.42 Å². The molecule has 11 heteroatoms. The van der Waals surface area contributed by atoms with E-state index in [-0.39, 0.29) is 10.9 Å². The molecular weight excluding hydrogens is 490 g/mol. The zero-order chi connectivity index (χ0) is 26.2. The molecule has 0 unspecified atom stereocenters. The van der Waals surface area contributed by atoms with Gasteiger partial charge >= 0.3 is 0 Å². The summed E-state index contributed by atoms with van der Waals surface area (Å²) in [6.07, 6.45) is 3.37. The minimum atomic E-state index is -3.67. The zero-order valence-electron chi connectivity index (χ0n) is 21.2. The van der Waals surface area contributed by atoms with Crippen molar-refractivity contribution < 1.29 is 13.2 Å². The Balaban J connectivity index is 1.25. The van der Waals surface area contributed by atoms with E-state index in [1.165, 1.54) is 11.9 Å². The van der Waals surface area contributed by atoms with E-state index in [2.05, 4.69) is 44.3 Å². The van der Waals surface area contributed by atoms with Crippen LogP contribution >= 0.6 is 0 Å². The van der Waals surface area contributed by atoms with Crippen LogP contribution in [0, 0.1) is 20.8 Å². The van der Waals surface area contributed by atoms with Crippen molar-refractivity contribution in [3.63, 3.8) is 0 Å². The number of hydrogen-bond donors (Lipinski definition) is 2. The van der Waals surface area contributed by atoms with E-state index in [1.807, 2.05) is 32.0 Å². The van der Waals surface area contributed by atoms with Gasteiger partial charge in [0.05, 0.1) is 4.90 Å². The van der Waals surface area contributed by atoms with Crippen molar-refractivity contribution in [1.29, 1.82) is 0 Å². The molecule has 0 amide bonds. The van der Waals surface area contributed by atoms with Crippen LogP contribution in [0.5, 0.6) is 11.6 Å². The average molecular weight is 522 g/mol. The number of fused-ring (bicyclic) bond motifs is 1. The number of likely N-dealkylation sites (tertiary alicyclic amines) is 1. The molecule has 10 nitrogen and oxygen atoms in total. The van der Waals surface area contributed by atoms with Gasteiger partial charge in [-0.25, -0.2) is 13.6 Å². The number of anilines is 1. The van der Waals surface area contributed by atoms with Gasteiger partial charge in [-0.05, 0) is 62.4 Å². The normalized spacial score (nSPS) is 15.2. The fourth-order valence-corrected chi connectivity index (χ4v) is 5.37. The van der Waals surface area contributed by atoms with Crippen molar-refractivity contribution in [2.24, 2.45) is 5.14 Å². The van der Waals surface area contributed by atoms with Crippen LogP contribution in [-0.2, 0) is 16.6 Å². The highest BCUT2D eigenvalue weighted by Gasteiger charge is 2.21. The number of primary sulfonamides is 1. The van der Waals surface area contributed by atoms with Crippen molar-refractivity contribution in [3.8, 4) is 11.6 Å². The highest BCUT2D eigenvalue weighted by Crippen LogP contribution is 2.31. The highest BCUT2D eigenvalue weighted by atomic mass is 32.2. The Hall–Kier alpha value is -3.54. The standard InChI is InChI=1S/C26H31N7O3S/c1-17-12-18(2)25(19(3)13-17)36-24-14-23(31-26-28-16-29-33(24)26)30-21-8-10-32(11-9-21)15-20-4-6-22(7-5-20)37(27,34)35/h4-7,12-14,16,21H,8-11,15H2,1-3H3,(H2,27,34,35)(H,28,29,30,31). The van der Waals surface area contributed by atoms with Crippen molar-refractivity contribution in [2.75, 3.05) is 18.4 Å². The van der Waals surface area contributed by atoms with Gasteiger partial charge in [-0.15, -0.1) is 0 Å². The topological polar surface area (TPSA) is 128 Å². The molecule has 1 aliphatic rings. The smallest absolute Gasteiger partial charge is 0.257 e. The number of sulfonamides is 1. The molecule has 0 spiro atoms. The second-order valence-electron chi connectivity index (χ2n) is 9.67. The summed E-state index contributed by atoms with van der Waals surface area (Å²) < 4.78 is 30.9. The largest absolute Gasteiger partial charge is 0.438 e. The highest BCUT2D eigenvalue weighted by molar-refractivity contribution is 7.89. The molecular formula is C26H31N7O3S. The van der Waals surface area contributed by atoms with Crippen molar-refractivity contribution in [1.82, 2.24) is 24.5 Å². The Morgan fingerprint density at radius 2 is 1.73 bits per heavy atom. The van der Waals surface area contributed by atoms with Crippen molar-refractivity contribution in [2.45, 2.75) is 51.1 Å². The maximum absolute atomic E-state index is 11.5. The molecule has 3 N–H and O–H groups in total. The fraction of sp³-hybridized carbons (Fsp3) is 0.346. The molecule has 0 aliphatic carbocycles. The molecule has 1 fully saturated rings. The molecule has 0 saturated carbocycles. The summed E-state index contributed by atoms with van der Waals surface area (Å²) in [4.78, 5) is 11.4. The van der Waals surface area contributed by atoms with Gasteiger partial charge in [0.1, 0.15) is 17.9 Å². The lowest BCUT2D eigenvalue weighted by molar-refractivity contribution is 0.211. The van der Waals surface area contributed by atoms with Crippen LogP contribution in [0.1, 0.15) is 35.1 Å². The molecule has 2 aromatic heterocycles. The van der Waals surface area contributed by atoms with E-state index >= 15 is 0 Å². The first-order valence-corrected chi connectivity index (χ1v) is 13.8. The third-order valence-corrected chi connectivity index (χ3v) is 7.56. The molecule has 0 bridgehead atoms. The molecule has 194 valence electrons. The number of nitrogens with zero attached hydrogens (tertiary/aromatic N) is 5. The maximum Gasteiger partial charge on any atom is 0.257 e. The van der Waals surface area contributed by atoms with Crippen molar-refractivity contribution >= 4 is 21.6 Å². The summed E-state index contributed by atoms with van der Waals surface area (Å²) in [5.74, 6) is 2.54. The van der Waals surface area contributed by atoms with Gasteiger partial charge in [0, 0.05) is 31.7 Å². The summed E-state index contributed by atoms with van der Waals surface area (Å²) in [5.41, 5.74) is 4.37. The van der Waals surface area contributed by atoms with Crippen LogP contribution in [0.25, 0.3) is 5.78 Å². The number of rotatable bonds is 7. The summed E-state index contributed by atoms with van der Waals surface area (Å²) in [6, 6.07) is 13.1. The second kappa shape index (κ2) is 10.1. The van der Waals surface area contributed by atoms with Gasteiger partial charge in [-0.2, -0.15) is 19.6 Å². The van der Waals surface area contributed by atoms with Gasteiger partial charge in [-0.3, -0.25) is 4.90 Å². The van der Waals surface area contributed by atoms with Crippen LogP contribution in [0.15, 0.2) is 53.7 Å². The Morgan fingerprint density at radius 3 is 2.38 bits per heavy atom. The summed E-state index contributed by atoms with van der Waals surface area (Å²) in [5, 5.41) is 13.0. The molecule has 5 rings (SSSR count). The Kier molecular flexibility index (Phi) is 6.84. The van der Waals surface area contributed by atoms with E-state index < -0.39 is 10.0 Å². The number of aryl methyl sites for hydroxylation is 3. The molecule has 1 saturated heterocycles. The van der Waals surface area contributed by atoms with Gasteiger partial charge < -0.3 is 10.1 Å². The first kappa shape index (κ1) is 25.1. The van der Waals surface area contributed by atoms with E-state index in [1.54, 1.807) is 16.6 Å². The molecule has 0 radical (unpaired) electrons. The van der Waals surface area contributed by atoms with Gasteiger partial charge in [-0.1, -0.05) is 29.8 Å². The quantitative estimate of drug-likeness (QED) is 0.378. The number of hydrogen-bond acceptors (Lipinski definition) is 8. The predicted octanol–water partition coefficient (Wildman–Crippen LogP) is 3.57. The number of benzene rings is 2. The van der Waals surface area contributed by atoms with E-state index in [4.69, 9.17) is 9.88 Å². The lowest BCUT2D eigenvalue weighted by Gasteiger charge is -2.32. The Morgan fingerprint density at radius 1 is 1.05 bits per heavy atom. The van der Waals surface area contributed by atoms with Gasteiger partial charge in [0.2, 0.25) is 15.9 Å². The van der Waals surface area contributed by atoms with E-state index in [0.29, 0.717) is 17.5 Å². The van der Waals surface area contributed by atoms with Crippen LogP contribution in [0.2, 0.25) is 0 Å². The van der Waals surface area contributed by atoms with E-state index in [0.717, 1.165) is 54.9 Å². The molecule has 37 heavy (non-hydrogen) atoms. The van der Waals surface area contributed by atoms with Crippen LogP contribution < -0.4 is 15.2 Å². The summed E-state index contributed by atoms with van der Waals surface area (Å²) in [7, 11) is -3.67. The molecule has 4 aromatic rings. The average Bonchev–Trinajstić information content (AvgIpc) is 3.31. The second-order valence-corrected chi connectivity index (χ2v) is 11.2. The zero-order valence-corrected chi connectivity index (χ0v) is 22.0.